The first-order chi connectivity index (χ1) is 9.53. The zero-order valence-corrected chi connectivity index (χ0v) is 11.6. The highest BCUT2D eigenvalue weighted by Crippen LogP contribution is 2.28. The van der Waals surface area contributed by atoms with Crippen molar-refractivity contribution in [3.05, 3.63) is 71.3 Å². The number of benzene rings is 2. The lowest BCUT2D eigenvalue weighted by Gasteiger charge is -2.30. The average Bonchev–Trinajstić information content (AvgIpc) is 2.38. The standard InChI is InChI=1S/C17H19F2N/c1-2-8-17(20,14-6-4-3-5-7-14)12-13-9-15(18)11-16(19)10-13/h3-7,9-11H,2,8,12,20H2,1H3. The summed E-state index contributed by atoms with van der Waals surface area (Å²) in [5.74, 6) is -1.13. The second-order valence-corrected chi connectivity index (χ2v) is 5.23. The molecule has 106 valence electrons. The Balaban J connectivity index is 2.34. The highest BCUT2D eigenvalue weighted by atomic mass is 19.1. The third kappa shape index (κ3) is 3.42. The van der Waals surface area contributed by atoms with E-state index < -0.39 is 17.2 Å². The third-order valence-electron chi connectivity index (χ3n) is 3.49. The number of nitrogens with two attached hydrogens (primary N) is 1. The van der Waals surface area contributed by atoms with Crippen molar-refractivity contribution in [3.63, 3.8) is 0 Å². The first-order valence-corrected chi connectivity index (χ1v) is 6.83. The molecule has 0 radical (unpaired) electrons. The number of halogens is 2. The molecule has 0 aliphatic heterocycles. The molecule has 0 saturated heterocycles. The van der Waals surface area contributed by atoms with E-state index in [9.17, 15) is 8.78 Å². The van der Waals surface area contributed by atoms with E-state index in [0.29, 0.717) is 12.0 Å². The average molecular weight is 275 g/mol. The largest absolute Gasteiger partial charge is 0.321 e. The maximum Gasteiger partial charge on any atom is 0.126 e. The number of hydrogen-bond acceptors (Lipinski definition) is 1. The molecule has 0 bridgehead atoms. The fourth-order valence-electron chi connectivity index (χ4n) is 2.63. The van der Waals surface area contributed by atoms with Crippen LogP contribution < -0.4 is 5.73 Å². The van der Waals surface area contributed by atoms with Crippen molar-refractivity contribution in [1.82, 2.24) is 0 Å². The van der Waals surface area contributed by atoms with Crippen LogP contribution in [0.25, 0.3) is 0 Å². The Morgan fingerprint density at radius 3 is 2.15 bits per heavy atom. The van der Waals surface area contributed by atoms with E-state index in [0.717, 1.165) is 24.5 Å². The number of hydrogen-bond donors (Lipinski definition) is 1. The predicted octanol–water partition coefficient (Wildman–Crippen LogP) is 4.16. The molecule has 0 aliphatic rings. The zero-order chi connectivity index (χ0) is 14.6. The molecule has 1 atom stereocenters. The van der Waals surface area contributed by atoms with Crippen LogP contribution in [0.1, 0.15) is 30.9 Å². The van der Waals surface area contributed by atoms with Gasteiger partial charge in [-0.15, -0.1) is 0 Å². The summed E-state index contributed by atoms with van der Waals surface area (Å²) in [5, 5.41) is 0. The van der Waals surface area contributed by atoms with Crippen molar-refractivity contribution >= 4 is 0 Å². The van der Waals surface area contributed by atoms with Crippen LogP contribution in [0.4, 0.5) is 8.78 Å². The van der Waals surface area contributed by atoms with Gasteiger partial charge in [0.25, 0.3) is 0 Å². The van der Waals surface area contributed by atoms with E-state index in [1.54, 1.807) is 0 Å². The Morgan fingerprint density at radius 2 is 1.60 bits per heavy atom. The summed E-state index contributed by atoms with van der Waals surface area (Å²) in [4.78, 5) is 0. The fraction of sp³-hybridized carbons (Fsp3) is 0.294. The van der Waals surface area contributed by atoms with Gasteiger partial charge in [0.15, 0.2) is 0 Å². The van der Waals surface area contributed by atoms with Gasteiger partial charge in [-0.2, -0.15) is 0 Å². The fourth-order valence-corrected chi connectivity index (χ4v) is 2.63. The summed E-state index contributed by atoms with van der Waals surface area (Å²) in [5.41, 5.74) is 7.49. The summed E-state index contributed by atoms with van der Waals surface area (Å²) in [6.45, 7) is 2.05. The van der Waals surface area contributed by atoms with Crippen molar-refractivity contribution in [2.24, 2.45) is 5.73 Å². The Morgan fingerprint density at radius 1 is 1.00 bits per heavy atom. The molecular formula is C17H19F2N. The number of rotatable bonds is 5. The maximum absolute atomic E-state index is 13.3. The van der Waals surface area contributed by atoms with Crippen LogP contribution in [0.2, 0.25) is 0 Å². The summed E-state index contributed by atoms with van der Waals surface area (Å²) >= 11 is 0. The molecule has 2 N–H and O–H groups in total. The van der Waals surface area contributed by atoms with Crippen LogP contribution in [-0.2, 0) is 12.0 Å². The molecule has 1 nitrogen and oxygen atoms in total. The molecule has 0 aliphatic carbocycles. The molecule has 2 aromatic rings. The van der Waals surface area contributed by atoms with E-state index in [2.05, 4.69) is 6.92 Å². The summed E-state index contributed by atoms with van der Waals surface area (Å²) in [7, 11) is 0. The first-order valence-electron chi connectivity index (χ1n) is 6.83. The second-order valence-electron chi connectivity index (χ2n) is 5.23. The lowest BCUT2D eigenvalue weighted by molar-refractivity contribution is 0.399. The molecule has 0 spiro atoms. The topological polar surface area (TPSA) is 26.0 Å². The van der Waals surface area contributed by atoms with E-state index in [-0.39, 0.29) is 0 Å². The SMILES string of the molecule is CCCC(N)(Cc1cc(F)cc(F)c1)c1ccccc1. The van der Waals surface area contributed by atoms with Crippen LogP contribution >= 0.6 is 0 Å². The van der Waals surface area contributed by atoms with E-state index in [1.165, 1.54) is 12.1 Å². The summed E-state index contributed by atoms with van der Waals surface area (Å²) in [6, 6.07) is 13.3. The van der Waals surface area contributed by atoms with Crippen molar-refractivity contribution in [2.75, 3.05) is 0 Å². The van der Waals surface area contributed by atoms with Crippen LogP contribution in [0.5, 0.6) is 0 Å². The highest BCUT2D eigenvalue weighted by molar-refractivity contribution is 5.29. The molecule has 0 amide bonds. The molecule has 0 saturated carbocycles. The molecule has 20 heavy (non-hydrogen) atoms. The molecule has 0 fully saturated rings. The van der Waals surface area contributed by atoms with Gasteiger partial charge in [-0.25, -0.2) is 8.78 Å². The van der Waals surface area contributed by atoms with Gasteiger partial charge in [0, 0.05) is 11.6 Å². The smallest absolute Gasteiger partial charge is 0.126 e. The van der Waals surface area contributed by atoms with Gasteiger partial charge in [-0.3, -0.25) is 0 Å². The molecule has 1 unspecified atom stereocenters. The van der Waals surface area contributed by atoms with E-state index in [1.807, 2.05) is 30.3 Å². The van der Waals surface area contributed by atoms with Gasteiger partial charge >= 0.3 is 0 Å². The van der Waals surface area contributed by atoms with Crippen LogP contribution in [-0.4, -0.2) is 0 Å². The lowest BCUT2D eigenvalue weighted by atomic mass is 9.81. The van der Waals surface area contributed by atoms with Crippen molar-refractivity contribution in [2.45, 2.75) is 31.7 Å². The van der Waals surface area contributed by atoms with Crippen molar-refractivity contribution < 1.29 is 8.78 Å². The van der Waals surface area contributed by atoms with Crippen LogP contribution in [0.15, 0.2) is 48.5 Å². The van der Waals surface area contributed by atoms with Gasteiger partial charge in [0.05, 0.1) is 0 Å². The molecule has 3 heteroatoms. The van der Waals surface area contributed by atoms with Gasteiger partial charge in [0.2, 0.25) is 0 Å². The molecular weight excluding hydrogens is 256 g/mol. The Kier molecular flexibility index (Phi) is 4.50. The van der Waals surface area contributed by atoms with Crippen molar-refractivity contribution in [3.8, 4) is 0 Å². The highest BCUT2D eigenvalue weighted by Gasteiger charge is 2.26. The van der Waals surface area contributed by atoms with Gasteiger partial charge < -0.3 is 5.73 Å². The van der Waals surface area contributed by atoms with Crippen LogP contribution in [0.3, 0.4) is 0 Å². The molecule has 0 aromatic heterocycles. The van der Waals surface area contributed by atoms with E-state index in [4.69, 9.17) is 5.73 Å². The Hall–Kier alpha value is -1.74. The van der Waals surface area contributed by atoms with Gasteiger partial charge in [-0.1, -0.05) is 43.7 Å². The maximum atomic E-state index is 13.3. The first kappa shape index (κ1) is 14.7. The normalized spacial score (nSPS) is 14.0. The summed E-state index contributed by atoms with van der Waals surface area (Å²) in [6.07, 6.45) is 2.08. The molecule has 0 heterocycles. The molecule has 2 rings (SSSR count). The molecule has 2 aromatic carbocycles. The quantitative estimate of drug-likeness (QED) is 0.871. The van der Waals surface area contributed by atoms with Crippen LogP contribution in [0, 0.1) is 11.6 Å². The monoisotopic (exact) mass is 275 g/mol. The lowest BCUT2D eigenvalue weighted by Crippen LogP contribution is -2.39. The minimum absolute atomic E-state index is 0.416. The third-order valence-corrected chi connectivity index (χ3v) is 3.49. The second kappa shape index (κ2) is 6.14. The Bertz CT molecular complexity index is 548. The van der Waals surface area contributed by atoms with Gasteiger partial charge in [-0.05, 0) is 36.1 Å². The van der Waals surface area contributed by atoms with Crippen molar-refractivity contribution in [1.29, 1.82) is 0 Å². The van der Waals surface area contributed by atoms with Gasteiger partial charge in [0.1, 0.15) is 11.6 Å². The predicted molar refractivity (Wildman–Crippen MR) is 77.3 cm³/mol. The Labute approximate surface area is 118 Å². The minimum Gasteiger partial charge on any atom is -0.321 e. The summed E-state index contributed by atoms with van der Waals surface area (Å²) < 4.78 is 26.6. The van der Waals surface area contributed by atoms with E-state index >= 15 is 0 Å². The minimum atomic E-state index is -0.601. The zero-order valence-electron chi connectivity index (χ0n) is 11.6.